The van der Waals surface area contributed by atoms with Crippen LogP contribution in [0, 0.1) is 0 Å². The molecule has 0 amide bonds. The highest BCUT2D eigenvalue weighted by Crippen LogP contribution is 2.14. The van der Waals surface area contributed by atoms with E-state index in [4.69, 9.17) is 11.6 Å². The molecular weight excluding hydrogens is 386 g/mol. The highest BCUT2D eigenvalue weighted by atomic mass is 35.5. The van der Waals surface area contributed by atoms with Crippen molar-refractivity contribution >= 4 is 11.6 Å². The summed E-state index contributed by atoms with van der Waals surface area (Å²) in [5.41, 5.74) is 0.191. The molecule has 30 heavy (non-hydrogen) atoms. The van der Waals surface area contributed by atoms with Crippen molar-refractivity contribution in [2.45, 2.75) is 173 Å². The van der Waals surface area contributed by atoms with Gasteiger partial charge >= 0.3 is 0 Å². The molecule has 0 aliphatic carbocycles. The van der Waals surface area contributed by atoms with Crippen molar-refractivity contribution in [3.8, 4) is 0 Å². The topological polar surface area (TPSA) is 12.0 Å². The molecule has 0 saturated heterocycles. The SMILES string of the molecule is CCCCCCCCCCCCCCCC(Cl)NCCCCCCCCCCCC. The standard InChI is InChI=1S/C28H58ClN/c1-3-5-7-9-11-13-15-16-17-18-20-22-24-26-28(29)30-27-25-23-21-19-14-12-10-8-6-4-2/h28,30H,3-27H2,1-2H3. The molecule has 0 bridgehead atoms. The van der Waals surface area contributed by atoms with Gasteiger partial charge in [0.25, 0.3) is 0 Å². The van der Waals surface area contributed by atoms with Crippen molar-refractivity contribution in [2.75, 3.05) is 6.54 Å². The lowest BCUT2D eigenvalue weighted by Gasteiger charge is -2.11. The zero-order valence-electron chi connectivity index (χ0n) is 21.1. The number of hydrogen-bond acceptors (Lipinski definition) is 1. The maximum absolute atomic E-state index is 6.44. The predicted octanol–water partition coefficient (Wildman–Crippen LogP) is 10.5. The molecule has 0 aliphatic rings. The van der Waals surface area contributed by atoms with Crippen molar-refractivity contribution in [3.05, 3.63) is 0 Å². The van der Waals surface area contributed by atoms with Gasteiger partial charge in [0.05, 0.1) is 5.50 Å². The Morgan fingerprint density at radius 2 is 0.733 bits per heavy atom. The molecule has 182 valence electrons. The quantitative estimate of drug-likeness (QED) is 0.0795. The summed E-state index contributed by atoms with van der Waals surface area (Å²) in [6.07, 6.45) is 33.6. The van der Waals surface area contributed by atoms with Gasteiger partial charge in [-0.1, -0.05) is 155 Å². The van der Waals surface area contributed by atoms with Gasteiger partial charge in [-0.3, -0.25) is 0 Å². The van der Waals surface area contributed by atoms with E-state index in [1.165, 1.54) is 148 Å². The lowest BCUT2D eigenvalue weighted by atomic mass is 10.0. The zero-order chi connectivity index (χ0) is 22.0. The maximum Gasteiger partial charge on any atom is 0.0825 e. The Morgan fingerprint density at radius 1 is 0.433 bits per heavy atom. The van der Waals surface area contributed by atoms with E-state index in [1.807, 2.05) is 0 Å². The van der Waals surface area contributed by atoms with Gasteiger partial charge < -0.3 is 5.32 Å². The second-order valence-corrected chi connectivity index (χ2v) is 10.2. The third-order valence-electron chi connectivity index (χ3n) is 6.46. The Kier molecular flexibility index (Phi) is 27.5. The second kappa shape index (κ2) is 27.3. The second-order valence-electron chi connectivity index (χ2n) is 9.63. The fourth-order valence-electron chi connectivity index (χ4n) is 4.31. The summed E-state index contributed by atoms with van der Waals surface area (Å²) < 4.78 is 0. The zero-order valence-corrected chi connectivity index (χ0v) is 21.9. The summed E-state index contributed by atoms with van der Waals surface area (Å²) in [5.74, 6) is 0. The van der Waals surface area contributed by atoms with Gasteiger partial charge in [0, 0.05) is 0 Å². The molecule has 0 saturated carbocycles. The van der Waals surface area contributed by atoms with Crippen LogP contribution in [-0.4, -0.2) is 12.0 Å². The van der Waals surface area contributed by atoms with Crippen molar-refractivity contribution in [1.29, 1.82) is 0 Å². The number of alkyl halides is 1. The summed E-state index contributed by atoms with van der Waals surface area (Å²) in [4.78, 5) is 0. The summed E-state index contributed by atoms with van der Waals surface area (Å²) >= 11 is 6.44. The lowest BCUT2D eigenvalue weighted by Crippen LogP contribution is -2.24. The van der Waals surface area contributed by atoms with Gasteiger partial charge in [0.2, 0.25) is 0 Å². The first-order valence-electron chi connectivity index (χ1n) is 14.2. The molecule has 0 rings (SSSR count). The number of rotatable bonds is 26. The van der Waals surface area contributed by atoms with E-state index in [2.05, 4.69) is 19.2 Å². The Hall–Kier alpha value is 0.250. The first kappa shape index (κ1) is 30.2. The van der Waals surface area contributed by atoms with Crippen molar-refractivity contribution < 1.29 is 0 Å². The van der Waals surface area contributed by atoms with Crippen LogP contribution in [0.3, 0.4) is 0 Å². The predicted molar refractivity (Wildman–Crippen MR) is 140 cm³/mol. The molecule has 1 nitrogen and oxygen atoms in total. The average Bonchev–Trinajstić information content (AvgIpc) is 2.75. The summed E-state index contributed by atoms with van der Waals surface area (Å²) in [6.45, 7) is 5.69. The van der Waals surface area contributed by atoms with Gasteiger partial charge in [-0.2, -0.15) is 0 Å². The van der Waals surface area contributed by atoms with Crippen LogP contribution in [-0.2, 0) is 0 Å². The van der Waals surface area contributed by atoms with E-state index in [0.717, 1.165) is 13.0 Å². The Bertz CT molecular complexity index is 294. The van der Waals surface area contributed by atoms with Crippen LogP contribution in [0.5, 0.6) is 0 Å². The fourth-order valence-corrected chi connectivity index (χ4v) is 4.58. The van der Waals surface area contributed by atoms with Crippen molar-refractivity contribution in [2.24, 2.45) is 0 Å². The van der Waals surface area contributed by atoms with E-state index >= 15 is 0 Å². The minimum atomic E-state index is 0.191. The largest absolute Gasteiger partial charge is 0.301 e. The van der Waals surface area contributed by atoms with Crippen LogP contribution in [0.15, 0.2) is 0 Å². The maximum atomic E-state index is 6.44. The van der Waals surface area contributed by atoms with E-state index in [9.17, 15) is 0 Å². The smallest absolute Gasteiger partial charge is 0.0825 e. The number of hydrogen-bond donors (Lipinski definition) is 1. The molecule has 0 aromatic rings. The minimum absolute atomic E-state index is 0.191. The van der Waals surface area contributed by atoms with Gasteiger partial charge in [0.15, 0.2) is 0 Å². The molecule has 2 heteroatoms. The first-order chi connectivity index (χ1) is 14.8. The van der Waals surface area contributed by atoms with Gasteiger partial charge in [-0.05, 0) is 19.4 Å². The molecule has 0 spiro atoms. The Labute approximate surface area is 196 Å². The van der Waals surface area contributed by atoms with Crippen LogP contribution in [0.25, 0.3) is 0 Å². The van der Waals surface area contributed by atoms with Gasteiger partial charge in [0.1, 0.15) is 0 Å². The fraction of sp³-hybridized carbons (Fsp3) is 1.00. The van der Waals surface area contributed by atoms with Crippen LogP contribution in [0.2, 0.25) is 0 Å². The minimum Gasteiger partial charge on any atom is -0.301 e. The number of unbranched alkanes of at least 4 members (excludes halogenated alkanes) is 21. The van der Waals surface area contributed by atoms with E-state index < -0.39 is 0 Å². The van der Waals surface area contributed by atoms with E-state index in [-0.39, 0.29) is 5.50 Å². The molecule has 1 N–H and O–H groups in total. The lowest BCUT2D eigenvalue weighted by molar-refractivity contribution is 0.506. The average molecular weight is 444 g/mol. The normalized spacial score (nSPS) is 12.5. The molecule has 1 unspecified atom stereocenters. The molecule has 0 aliphatic heterocycles. The molecule has 0 aromatic heterocycles. The monoisotopic (exact) mass is 443 g/mol. The summed E-state index contributed by atoms with van der Waals surface area (Å²) in [5, 5.41) is 3.52. The molecule has 0 heterocycles. The third-order valence-corrected chi connectivity index (χ3v) is 6.83. The highest BCUT2D eigenvalue weighted by Gasteiger charge is 2.03. The molecule has 0 aromatic carbocycles. The highest BCUT2D eigenvalue weighted by molar-refractivity contribution is 6.20. The van der Waals surface area contributed by atoms with Crippen LogP contribution in [0.1, 0.15) is 168 Å². The van der Waals surface area contributed by atoms with E-state index in [1.54, 1.807) is 0 Å². The molecule has 0 radical (unpaired) electrons. The number of halogens is 1. The van der Waals surface area contributed by atoms with Gasteiger partial charge in [-0.15, -0.1) is 11.6 Å². The van der Waals surface area contributed by atoms with E-state index in [0.29, 0.717) is 0 Å². The first-order valence-corrected chi connectivity index (χ1v) is 14.6. The van der Waals surface area contributed by atoms with Crippen LogP contribution >= 0.6 is 11.6 Å². The Morgan fingerprint density at radius 3 is 1.10 bits per heavy atom. The van der Waals surface area contributed by atoms with Crippen LogP contribution < -0.4 is 5.32 Å². The van der Waals surface area contributed by atoms with Crippen LogP contribution in [0.4, 0.5) is 0 Å². The van der Waals surface area contributed by atoms with Crippen molar-refractivity contribution in [1.82, 2.24) is 5.32 Å². The van der Waals surface area contributed by atoms with Gasteiger partial charge in [-0.25, -0.2) is 0 Å². The Balaban J connectivity index is 3.12. The molecule has 0 fully saturated rings. The molecular formula is C28H58ClN. The summed E-state index contributed by atoms with van der Waals surface area (Å²) in [6, 6.07) is 0. The molecule has 1 atom stereocenters. The van der Waals surface area contributed by atoms with Crippen molar-refractivity contribution in [3.63, 3.8) is 0 Å². The third kappa shape index (κ3) is 26.3. The summed E-state index contributed by atoms with van der Waals surface area (Å²) in [7, 11) is 0. The number of nitrogens with one attached hydrogen (secondary N) is 1.